The highest BCUT2D eigenvalue weighted by molar-refractivity contribution is 5.81. The minimum Gasteiger partial charge on any atom is -0.449 e. The van der Waals surface area contributed by atoms with E-state index in [0.29, 0.717) is 5.92 Å². The molecule has 0 spiro atoms. The Morgan fingerprint density at radius 2 is 2.05 bits per heavy atom. The third-order valence-electron chi connectivity index (χ3n) is 4.28. The van der Waals surface area contributed by atoms with Gasteiger partial charge in [-0.1, -0.05) is 20.8 Å². The normalized spacial score (nSPS) is 17.7. The van der Waals surface area contributed by atoms with Gasteiger partial charge in [-0.15, -0.1) is 0 Å². The maximum absolute atomic E-state index is 12.2. The number of piperidine rings is 1. The Morgan fingerprint density at radius 3 is 2.55 bits per heavy atom. The maximum Gasteiger partial charge on any atom is 0.227 e. The second kappa shape index (κ2) is 6.82. The smallest absolute Gasteiger partial charge is 0.227 e. The summed E-state index contributed by atoms with van der Waals surface area (Å²) in [5.74, 6) is 1.56. The molecule has 0 radical (unpaired) electrons. The molecule has 0 unspecified atom stereocenters. The Kier molecular flexibility index (Phi) is 5.27. The van der Waals surface area contributed by atoms with Crippen molar-refractivity contribution < 1.29 is 9.21 Å². The predicted molar refractivity (Wildman–Crippen MR) is 86.3 cm³/mol. The fourth-order valence-electron chi connectivity index (χ4n) is 3.08. The van der Waals surface area contributed by atoms with Crippen LogP contribution in [-0.2, 0) is 11.3 Å². The van der Waals surface area contributed by atoms with Crippen molar-refractivity contribution in [2.24, 2.45) is 11.3 Å². The van der Waals surface area contributed by atoms with Crippen molar-refractivity contribution >= 4 is 5.91 Å². The fraction of sp³-hybridized carbons (Fsp3) is 0.765. The standard InChI is InChI=1S/C17H29N3O2/c1-13-18-15(12-22-13)11-20-8-6-14(7-9-20)10-19(5)16(21)17(2,3)4/h12,14H,6-11H2,1-5H3. The SMILES string of the molecule is Cc1nc(CN2CCC(CN(C)C(=O)C(C)(C)C)CC2)co1. The van der Waals surface area contributed by atoms with Gasteiger partial charge < -0.3 is 9.32 Å². The van der Waals surface area contributed by atoms with E-state index in [1.54, 1.807) is 6.26 Å². The van der Waals surface area contributed by atoms with Crippen LogP contribution in [0.5, 0.6) is 0 Å². The molecule has 1 aromatic rings. The third kappa shape index (κ3) is 4.57. The van der Waals surface area contributed by atoms with Crippen LogP contribution in [0.1, 0.15) is 45.2 Å². The van der Waals surface area contributed by atoms with Crippen molar-refractivity contribution in [3.63, 3.8) is 0 Å². The van der Waals surface area contributed by atoms with Gasteiger partial charge in [0.25, 0.3) is 0 Å². The van der Waals surface area contributed by atoms with Gasteiger partial charge in [-0.2, -0.15) is 0 Å². The molecule has 5 heteroatoms. The van der Waals surface area contributed by atoms with Gasteiger partial charge in [0, 0.05) is 32.5 Å². The second-order valence-electron chi connectivity index (χ2n) is 7.51. The van der Waals surface area contributed by atoms with Crippen molar-refractivity contribution in [2.45, 2.75) is 47.1 Å². The molecule has 0 aliphatic carbocycles. The summed E-state index contributed by atoms with van der Waals surface area (Å²) < 4.78 is 5.26. The molecule has 2 rings (SSSR count). The van der Waals surface area contributed by atoms with E-state index in [-0.39, 0.29) is 11.3 Å². The summed E-state index contributed by atoms with van der Waals surface area (Å²) in [4.78, 5) is 20.9. The number of hydrogen-bond donors (Lipinski definition) is 0. The van der Waals surface area contributed by atoms with Crippen LogP contribution in [0.15, 0.2) is 10.7 Å². The number of aromatic nitrogens is 1. The molecule has 124 valence electrons. The lowest BCUT2D eigenvalue weighted by Gasteiger charge is -2.35. The first-order valence-electron chi connectivity index (χ1n) is 8.14. The summed E-state index contributed by atoms with van der Waals surface area (Å²) in [7, 11) is 1.93. The molecule has 5 nitrogen and oxygen atoms in total. The van der Waals surface area contributed by atoms with Crippen molar-refractivity contribution in [3.05, 3.63) is 17.8 Å². The van der Waals surface area contributed by atoms with Crippen LogP contribution in [0.25, 0.3) is 0 Å². The summed E-state index contributed by atoms with van der Waals surface area (Å²) in [6, 6.07) is 0. The van der Waals surface area contributed by atoms with E-state index in [1.807, 2.05) is 39.6 Å². The molecule has 1 amide bonds. The van der Waals surface area contributed by atoms with Crippen molar-refractivity contribution in [3.8, 4) is 0 Å². The lowest BCUT2D eigenvalue weighted by Crippen LogP contribution is -2.42. The number of carbonyl (C=O) groups excluding carboxylic acids is 1. The van der Waals surface area contributed by atoms with Crippen molar-refractivity contribution in [1.82, 2.24) is 14.8 Å². The fourth-order valence-corrected chi connectivity index (χ4v) is 3.08. The Hall–Kier alpha value is -1.36. The molecule has 0 atom stereocenters. The molecule has 1 fully saturated rings. The van der Waals surface area contributed by atoms with E-state index in [9.17, 15) is 4.79 Å². The van der Waals surface area contributed by atoms with Crippen LogP contribution >= 0.6 is 0 Å². The minimum absolute atomic E-state index is 0.230. The van der Waals surface area contributed by atoms with E-state index in [4.69, 9.17) is 4.42 Å². The minimum atomic E-state index is -0.291. The number of likely N-dealkylation sites (tertiary alicyclic amines) is 1. The van der Waals surface area contributed by atoms with E-state index in [1.165, 1.54) is 0 Å². The molecular weight excluding hydrogens is 278 g/mol. The highest BCUT2D eigenvalue weighted by Crippen LogP contribution is 2.22. The molecule has 22 heavy (non-hydrogen) atoms. The number of amides is 1. The predicted octanol–water partition coefficient (Wildman–Crippen LogP) is 2.70. The van der Waals surface area contributed by atoms with Crippen LogP contribution in [0.2, 0.25) is 0 Å². The Bertz CT molecular complexity index is 496. The third-order valence-corrected chi connectivity index (χ3v) is 4.28. The number of nitrogens with zero attached hydrogens (tertiary/aromatic N) is 3. The van der Waals surface area contributed by atoms with Gasteiger partial charge in [-0.25, -0.2) is 4.98 Å². The zero-order valence-electron chi connectivity index (χ0n) is 14.6. The highest BCUT2D eigenvalue weighted by Gasteiger charge is 2.28. The molecule has 1 aliphatic rings. The first-order valence-corrected chi connectivity index (χ1v) is 8.14. The van der Waals surface area contributed by atoms with Gasteiger partial charge in [-0.05, 0) is 31.8 Å². The molecule has 1 aromatic heterocycles. The van der Waals surface area contributed by atoms with Crippen LogP contribution in [0.4, 0.5) is 0 Å². The second-order valence-corrected chi connectivity index (χ2v) is 7.51. The quantitative estimate of drug-likeness (QED) is 0.858. The Morgan fingerprint density at radius 1 is 1.41 bits per heavy atom. The van der Waals surface area contributed by atoms with E-state index >= 15 is 0 Å². The molecule has 2 heterocycles. The van der Waals surface area contributed by atoms with Crippen molar-refractivity contribution in [1.29, 1.82) is 0 Å². The molecule has 0 saturated carbocycles. The topological polar surface area (TPSA) is 49.6 Å². The summed E-state index contributed by atoms with van der Waals surface area (Å²) in [5, 5.41) is 0. The number of oxazole rings is 1. The number of rotatable bonds is 4. The maximum atomic E-state index is 12.2. The summed E-state index contributed by atoms with van der Waals surface area (Å²) in [5.41, 5.74) is 0.719. The molecule has 0 aromatic carbocycles. The Balaban J connectivity index is 1.76. The van der Waals surface area contributed by atoms with Gasteiger partial charge in [0.15, 0.2) is 5.89 Å². The van der Waals surface area contributed by atoms with Crippen LogP contribution in [-0.4, -0.2) is 47.4 Å². The van der Waals surface area contributed by atoms with Crippen LogP contribution < -0.4 is 0 Å². The van der Waals surface area contributed by atoms with Gasteiger partial charge in [0.05, 0.1) is 5.69 Å². The summed E-state index contributed by atoms with van der Waals surface area (Å²) in [6.45, 7) is 11.7. The van der Waals surface area contributed by atoms with Gasteiger partial charge in [0.2, 0.25) is 5.91 Å². The average molecular weight is 307 g/mol. The molecule has 0 bridgehead atoms. The van der Waals surface area contributed by atoms with Crippen molar-refractivity contribution in [2.75, 3.05) is 26.7 Å². The molecule has 1 saturated heterocycles. The van der Waals surface area contributed by atoms with E-state index in [0.717, 1.165) is 50.6 Å². The molecule has 0 N–H and O–H groups in total. The van der Waals surface area contributed by atoms with Gasteiger partial charge in [0.1, 0.15) is 6.26 Å². The average Bonchev–Trinajstić information content (AvgIpc) is 2.84. The van der Waals surface area contributed by atoms with Gasteiger partial charge in [-0.3, -0.25) is 9.69 Å². The van der Waals surface area contributed by atoms with E-state index < -0.39 is 0 Å². The monoisotopic (exact) mass is 307 g/mol. The van der Waals surface area contributed by atoms with Crippen LogP contribution in [0.3, 0.4) is 0 Å². The largest absolute Gasteiger partial charge is 0.449 e. The zero-order chi connectivity index (χ0) is 16.3. The Labute approximate surface area is 133 Å². The number of aryl methyl sites for hydroxylation is 1. The van der Waals surface area contributed by atoms with E-state index in [2.05, 4.69) is 9.88 Å². The first-order chi connectivity index (χ1) is 10.3. The lowest BCUT2D eigenvalue weighted by atomic mass is 9.92. The summed E-state index contributed by atoms with van der Waals surface area (Å²) in [6.07, 6.45) is 4.02. The highest BCUT2D eigenvalue weighted by atomic mass is 16.3. The molecular formula is C17H29N3O2. The molecule has 1 aliphatic heterocycles. The number of carbonyl (C=O) groups is 1. The zero-order valence-corrected chi connectivity index (χ0v) is 14.6. The lowest BCUT2D eigenvalue weighted by molar-refractivity contribution is -0.138. The number of hydrogen-bond acceptors (Lipinski definition) is 4. The summed E-state index contributed by atoms with van der Waals surface area (Å²) >= 11 is 0. The van der Waals surface area contributed by atoms with Gasteiger partial charge >= 0.3 is 0 Å². The first kappa shape index (κ1) is 17.0. The van der Waals surface area contributed by atoms with Crippen LogP contribution in [0, 0.1) is 18.3 Å².